The zero-order chi connectivity index (χ0) is 29.4. The Labute approximate surface area is 240 Å². The molecule has 212 valence electrons. The number of likely N-dealkylation sites (tertiary alicyclic amines) is 1. The molecule has 9 heteroatoms. The molecule has 4 rings (SSSR count). The molecule has 1 atom stereocenters. The number of aryl methyl sites for hydroxylation is 1. The lowest BCUT2D eigenvalue weighted by Gasteiger charge is -2.40. The minimum absolute atomic E-state index is 0.0436. The quantitative estimate of drug-likeness (QED) is 0.324. The Morgan fingerprint density at radius 2 is 1.85 bits per heavy atom. The Hall–Kier alpha value is -3.72. The maximum Gasteiger partial charge on any atom is 0.324 e. The minimum Gasteiger partial charge on any atom is -0.481 e. The summed E-state index contributed by atoms with van der Waals surface area (Å²) >= 11 is 1.40. The molecule has 2 aromatic heterocycles. The van der Waals surface area contributed by atoms with Gasteiger partial charge in [0.25, 0.3) is 0 Å². The first-order valence-corrected chi connectivity index (χ1v) is 14.2. The molecule has 0 bridgehead atoms. The number of rotatable bonds is 6. The second-order valence-corrected chi connectivity index (χ2v) is 13.0. The summed E-state index contributed by atoms with van der Waals surface area (Å²) in [5, 5.41) is 6.33. The number of thiophene rings is 1. The van der Waals surface area contributed by atoms with E-state index in [-0.39, 0.29) is 17.1 Å². The SMILES string of the molecule is COc1ccc(-c2cc(NC(=O)Nc3sc(C(C)(C)C)cc3C(=O)C3CCN(C)C(=O)C3(C)C)ccc2C)cn1. The van der Waals surface area contributed by atoms with Gasteiger partial charge in [-0.15, -0.1) is 11.3 Å². The lowest BCUT2D eigenvalue weighted by atomic mass is 9.70. The number of piperidine rings is 1. The van der Waals surface area contributed by atoms with Crippen molar-refractivity contribution in [3.8, 4) is 17.0 Å². The van der Waals surface area contributed by atoms with Crippen molar-refractivity contribution in [1.82, 2.24) is 9.88 Å². The van der Waals surface area contributed by atoms with Crippen LogP contribution in [0, 0.1) is 18.3 Å². The van der Waals surface area contributed by atoms with Crippen LogP contribution in [0.2, 0.25) is 0 Å². The van der Waals surface area contributed by atoms with E-state index < -0.39 is 17.4 Å². The van der Waals surface area contributed by atoms with Gasteiger partial charge in [0.15, 0.2) is 5.78 Å². The third kappa shape index (κ3) is 5.89. The summed E-state index contributed by atoms with van der Waals surface area (Å²) in [6.45, 7) is 12.4. The Balaban J connectivity index is 1.60. The summed E-state index contributed by atoms with van der Waals surface area (Å²) in [6, 6.07) is 10.8. The van der Waals surface area contributed by atoms with Crippen molar-refractivity contribution in [1.29, 1.82) is 0 Å². The lowest BCUT2D eigenvalue weighted by Crippen LogP contribution is -2.51. The number of Topliss-reactive ketones (excluding diaryl/α,β-unsaturated/α-hetero) is 1. The number of benzene rings is 1. The van der Waals surface area contributed by atoms with Crippen molar-refractivity contribution in [2.24, 2.45) is 11.3 Å². The molecule has 3 aromatic rings. The van der Waals surface area contributed by atoms with Crippen LogP contribution in [-0.4, -0.2) is 48.3 Å². The van der Waals surface area contributed by atoms with E-state index in [4.69, 9.17) is 4.74 Å². The number of methoxy groups -OCH3 is 1. The van der Waals surface area contributed by atoms with E-state index in [9.17, 15) is 14.4 Å². The van der Waals surface area contributed by atoms with E-state index >= 15 is 0 Å². The third-order valence-corrected chi connectivity index (χ3v) is 9.03. The van der Waals surface area contributed by atoms with Gasteiger partial charge in [0, 0.05) is 47.9 Å². The van der Waals surface area contributed by atoms with Gasteiger partial charge in [-0.1, -0.05) is 40.7 Å². The number of ether oxygens (including phenoxy) is 1. The van der Waals surface area contributed by atoms with Gasteiger partial charge in [0.05, 0.1) is 18.1 Å². The molecule has 1 unspecified atom stereocenters. The molecule has 8 nitrogen and oxygen atoms in total. The van der Waals surface area contributed by atoms with Gasteiger partial charge in [-0.25, -0.2) is 9.78 Å². The number of ketones is 1. The highest BCUT2D eigenvalue weighted by atomic mass is 32.1. The van der Waals surface area contributed by atoms with E-state index in [0.29, 0.717) is 35.1 Å². The van der Waals surface area contributed by atoms with Crippen LogP contribution < -0.4 is 15.4 Å². The van der Waals surface area contributed by atoms with Crippen LogP contribution >= 0.6 is 11.3 Å². The topological polar surface area (TPSA) is 101 Å². The predicted octanol–water partition coefficient (Wildman–Crippen LogP) is 6.76. The molecule has 0 spiro atoms. The van der Waals surface area contributed by atoms with Crippen LogP contribution in [-0.2, 0) is 10.2 Å². The highest BCUT2D eigenvalue weighted by Gasteiger charge is 2.46. The van der Waals surface area contributed by atoms with E-state index in [1.807, 2.05) is 51.1 Å². The number of anilines is 2. The van der Waals surface area contributed by atoms with E-state index in [2.05, 4.69) is 36.4 Å². The van der Waals surface area contributed by atoms with Crippen LogP contribution in [0.3, 0.4) is 0 Å². The van der Waals surface area contributed by atoms with Gasteiger partial charge in [-0.2, -0.15) is 0 Å². The molecule has 1 fully saturated rings. The van der Waals surface area contributed by atoms with Crippen LogP contribution in [0.25, 0.3) is 11.1 Å². The van der Waals surface area contributed by atoms with Gasteiger partial charge in [-0.3, -0.25) is 14.9 Å². The van der Waals surface area contributed by atoms with Crippen molar-refractivity contribution >= 4 is 39.7 Å². The van der Waals surface area contributed by atoms with Crippen LogP contribution in [0.1, 0.15) is 61.8 Å². The molecule has 0 aliphatic carbocycles. The number of hydrogen-bond donors (Lipinski definition) is 2. The molecule has 0 saturated carbocycles. The molecule has 2 N–H and O–H groups in total. The molecule has 1 saturated heterocycles. The summed E-state index contributed by atoms with van der Waals surface area (Å²) in [4.78, 5) is 47.0. The van der Waals surface area contributed by atoms with E-state index in [0.717, 1.165) is 21.6 Å². The van der Waals surface area contributed by atoms with Crippen molar-refractivity contribution < 1.29 is 19.1 Å². The standard InChI is InChI=1S/C31H38N4O4S/c1-18-9-11-20(15-21(18)19-10-12-25(39-8)32-17-19)33-29(38)34-27-22(16-24(40-27)30(2,3)4)26(36)23-13-14-35(7)28(37)31(23,5)6/h9-12,15-17,23H,13-14H2,1-8H3,(H2,33,34,38). The molecular formula is C31H38N4O4S. The second kappa shape index (κ2) is 11.0. The number of hydrogen-bond acceptors (Lipinski definition) is 6. The molecule has 0 radical (unpaired) electrons. The van der Waals surface area contributed by atoms with E-state index in [1.54, 1.807) is 31.3 Å². The number of pyridine rings is 1. The lowest BCUT2D eigenvalue weighted by molar-refractivity contribution is -0.145. The fraction of sp³-hybridized carbons (Fsp3) is 0.419. The van der Waals surface area contributed by atoms with Crippen LogP contribution in [0.5, 0.6) is 5.88 Å². The number of carbonyl (C=O) groups is 3. The number of nitrogens with zero attached hydrogens (tertiary/aromatic N) is 2. The van der Waals surface area contributed by atoms with Gasteiger partial charge < -0.3 is 15.0 Å². The Kier molecular flexibility index (Phi) is 8.08. The highest BCUT2D eigenvalue weighted by molar-refractivity contribution is 7.16. The molecule has 1 aliphatic rings. The monoisotopic (exact) mass is 562 g/mol. The fourth-order valence-electron chi connectivity index (χ4n) is 5.05. The van der Waals surface area contributed by atoms with Crippen LogP contribution in [0.15, 0.2) is 42.6 Å². The predicted molar refractivity (Wildman–Crippen MR) is 160 cm³/mol. The Morgan fingerprint density at radius 1 is 1.12 bits per heavy atom. The molecule has 1 aliphatic heterocycles. The van der Waals surface area contributed by atoms with Crippen LogP contribution in [0.4, 0.5) is 15.5 Å². The molecule has 3 amide bonds. The average Bonchev–Trinajstić information content (AvgIpc) is 3.32. The van der Waals surface area contributed by atoms with Gasteiger partial charge in [0.1, 0.15) is 5.00 Å². The Bertz CT molecular complexity index is 1440. The first kappa shape index (κ1) is 29.3. The molecule has 1 aromatic carbocycles. The highest BCUT2D eigenvalue weighted by Crippen LogP contribution is 2.42. The third-order valence-electron chi connectivity index (χ3n) is 7.55. The number of urea groups is 1. The molecule has 40 heavy (non-hydrogen) atoms. The Morgan fingerprint density at radius 3 is 2.48 bits per heavy atom. The first-order chi connectivity index (χ1) is 18.7. The van der Waals surface area contributed by atoms with Gasteiger partial charge in [-0.05, 0) is 54.2 Å². The summed E-state index contributed by atoms with van der Waals surface area (Å²) < 4.78 is 5.16. The van der Waals surface area contributed by atoms with Crippen molar-refractivity contribution in [2.45, 2.75) is 53.4 Å². The zero-order valence-electron chi connectivity index (χ0n) is 24.5. The normalized spacial score (nSPS) is 16.9. The summed E-state index contributed by atoms with van der Waals surface area (Å²) in [7, 11) is 3.34. The van der Waals surface area contributed by atoms with E-state index in [1.165, 1.54) is 11.3 Å². The maximum atomic E-state index is 13.9. The summed E-state index contributed by atoms with van der Waals surface area (Å²) in [5.41, 5.74) is 2.89. The first-order valence-electron chi connectivity index (χ1n) is 13.4. The molecule has 3 heterocycles. The van der Waals surface area contributed by atoms with Crippen molar-refractivity contribution in [2.75, 3.05) is 31.3 Å². The van der Waals surface area contributed by atoms with Gasteiger partial charge >= 0.3 is 6.03 Å². The smallest absolute Gasteiger partial charge is 0.324 e. The van der Waals surface area contributed by atoms with Crippen molar-refractivity contribution in [3.63, 3.8) is 0 Å². The van der Waals surface area contributed by atoms with Crippen molar-refractivity contribution in [3.05, 3.63) is 58.6 Å². The largest absolute Gasteiger partial charge is 0.481 e. The summed E-state index contributed by atoms with van der Waals surface area (Å²) in [6.07, 6.45) is 2.31. The second-order valence-electron chi connectivity index (χ2n) is 12.0. The zero-order valence-corrected chi connectivity index (χ0v) is 25.3. The fourth-order valence-corrected chi connectivity index (χ4v) is 6.16. The van der Waals surface area contributed by atoms with Gasteiger partial charge in [0.2, 0.25) is 11.8 Å². The minimum atomic E-state index is -0.831. The number of carbonyl (C=O) groups excluding carboxylic acids is 3. The number of amides is 3. The molecular weight excluding hydrogens is 524 g/mol. The number of nitrogens with one attached hydrogen (secondary N) is 2. The average molecular weight is 563 g/mol. The number of aromatic nitrogens is 1. The maximum absolute atomic E-state index is 13.9. The summed E-state index contributed by atoms with van der Waals surface area (Å²) in [5.74, 6) is -0.102.